The Balaban J connectivity index is 1.93. The van der Waals surface area contributed by atoms with Gasteiger partial charge in [0.1, 0.15) is 0 Å². The van der Waals surface area contributed by atoms with Crippen molar-refractivity contribution in [3.8, 4) is 6.07 Å². The lowest BCUT2D eigenvalue weighted by molar-refractivity contribution is 0.0365. The zero-order chi connectivity index (χ0) is 14.4. The van der Waals surface area contributed by atoms with Crippen LogP contribution in [0.1, 0.15) is 43.5 Å². The van der Waals surface area contributed by atoms with Crippen molar-refractivity contribution in [3.63, 3.8) is 0 Å². The molecule has 3 heteroatoms. The van der Waals surface area contributed by atoms with Gasteiger partial charge in [-0.1, -0.05) is 25.1 Å². The maximum Gasteiger partial charge on any atom is 0.0782 e. The average Bonchev–Trinajstić information content (AvgIpc) is 2.92. The molecule has 2 aromatic rings. The van der Waals surface area contributed by atoms with Crippen LogP contribution in [0, 0.1) is 16.7 Å². The number of hydrogen-bond acceptors (Lipinski definition) is 2. The average molecular weight is 279 g/mol. The Morgan fingerprint density at radius 3 is 3.05 bits per heavy atom. The Morgan fingerprint density at radius 2 is 2.24 bits per heavy atom. The minimum Gasteiger partial charge on any atom is -0.357 e. The van der Waals surface area contributed by atoms with E-state index in [-0.39, 0.29) is 11.5 Å². The third-order valence-electron chi connectivity index (χ3n) is 5.58. The molecule has 2 atom stereocenters. The molecular weight excluding hydrogens is 258 g/mol. The lowest BCUT2D eigenvalue weighted by Gasteiger charge is -2.48. The van der Waals surface area contributed by atoms with Crippen LogP contribution in [0.5, 0.6) is 0 Å². The molecule has 1 aromatic heterocycles. The van der Waals surface area contributed by atoms with Crippen LogP contribution < -0.4 is 0 Å². The number of rotatable bonds is 1. The SMILES string of the molecule is CC[C@@]1(C#N)CCCN2CCc3c([nH]c4ccccc34)C21. The minimum atomic E-state index is -0.228. The van der Waals surface area contributed by atoms with Gasteiger partial charge in [-0.05, 0) is 43.9 Å². The molecule has 108 valence electrons. The molecule has 4 rings (SSSR count). The first kappa shape index (κ1) is 12.9. The summed E-state index contributed by atoms with van der Waals surface area (Å²) in [5.41, 5.74) is 3.75. The number of nitriles is 1. The van der Waals surface area contributed by atoms with Crippen LogP contribution in [-0.2, 0) is 6.42 Å². The number of aromatic nitrogens is 1. The van der Waals surface area contributed by atoms with E-state index in [1.807, 2.05) is 0 Å². The van der Waals surface area contributed by atoms with E-state index < -0.39 is 0 Å². The summed E-state index contributed by atoms with van der Waals surface area (Å²) in [6.45, 7) is 4.38. The number of para-hydroxylation sites is 1. The van der Waals surface area contributed by atoms with Crippen LogP contribution in [0.4, 0.5) is 0 Å². The summed E-state index contributed by atoms with van der Waals surface area (Å²) < 4.78 is 0. The van der Waals surface area contributed by atoms with Crippen molar-refractivity contribution in [1.82, 2.24) is 9.88 Å². The summed E-state index contributed by atoms with van der Waals surface area (Å²) >= 11 is 0. The smallest absolute Gasteiger partial charge is 0.0782 e. The van der Waals surface area contributed by atoms with E-state index in [0.717, 1.165) is 38.8 Å². The van der Waals surface area contributed by atoms with E-state index >= 15 is 0 Å². The highest BCUT2D eigenvalue weighted by Gasteiger charge is 2.47. The van der Waals surface area contributed by atoms with Crippen LogP contribution in [-0.4, -0.2) is 23.0 Å². The second-order valence-electron chi connectivity index (χ2n) is 6.48. The molecule has 3 nitrogen and oxygen atoms in total. The van der Waals surface area contributed by atoms with Gasteiger partial charge in [0.25, 0.3) is 0 Å². The predicted molar refractivity (Wildman–Crippen MR) is 83.9 cm³/mol. The number of nitrogens with zero attached hydrogens (tertiary/aromatic N) is 2. The number of hydrogen-bond donors (Lipinski definition) is 1. The first-order valence-electron chi connectivity index (χ1n) is 8.04. The fourth-order valence-electron chi connectivity index (χ4n) is 4.46. The van der Waals surface area contributed by atoms with Gasteiger partial charge in [-0.3, -0.25) is 4.90 Å². The minimum absolute atomic E-state index is 0.228. The molecule has 1 aromatic carbocycles. The Labute approximate surface area is 125 Å². The summed E-state index contributed by atoms with van der Waals surface area (Å²) in [4.78, 5) is 6.18. The van der Waals surface area contributed by atoms with Crippen molar-refractivity contribution < 1.29 is 0 Å². The molecule has 21 heavy (non-hydrogen) atoms. The van der Waals surface area contributed by atoms with E-state index in [9.17, 15) is 5.26 Å². The van der Waals surface area contributed by atoms with E-state index in [4.69, 9.17) is 0 Å². The summed E-state index contributed by atoms with van der Waals surface area (Å²) in [5.74, 6) is 0. The van der Waals surface area contributed by atoms with Crippen molar-refractivity contribution in [2.24, 2.45) is 5.41 Å². The molecule has 1 fully saturated rings. The van der Waals surface area contributed by atoms with Crippen molar-refractivity contribution in [2.45, 2.75) is 38.6 Å². The quantitative estimate of drug-likeness (QED) is 0.863. The molecule has 0 spiro atoms. The summed E-state index contributed by atoms with van der Waals surface area (Å²) in [6.07, 6.45) is 4.20. The lowest BCUT2D eigenvalue weighted by Crippen LogP contribution is -2.48. The highest BCUT2D eigenvalue weighted by atomic mass is 15.2. The van der Waals surface area contributed by atoms with Gasteiger partial charge in [0, 0.05) is 23.1 Å². The first-order chi connectivity index (χ1) is 10.3. The largest absolute Gasteiger partial charge is 0.357 e. The number of fused-ring (bicyclic) bond motifs is 5. The number of benzene rings is 1. The van der Waals surface area contributed by atoms with Gasteiger partial charge in [0.05, 0.1) is 17.5 Å². The van der Waals surface area contributed by atoms with Crippen LogP contribution >= 0.6 is 0 Å². The van der Waals surface area contributed by atoms with Crippen molar-refractivity contribution in [3.05, 3.63) is 35.5 Å². The highest BCUT2D eigenvalue weighted by Crippen LogP contribution is 2.50. The second-order valence-corrected chi connectivity index (χ2v) is 6.48. The van der Waals surface area contributed by atoms with Crippen molar-refractivity contribution >= 4 is 10.9 Å². The van der Waals surface area contributed by atoms with Crippen molar-refractivity contribution in [2.75, 3.05) is 13.1 Å². The molecular formula is C18H21N3. The van der Waals surface area contributed by atoms with Gasteiger partial charge in [-0.25, -0.2) is 0 Å². The molecule has 2 aliphatic rings. The van der Waals surface area contributed by atoms with Crippen LogP contribution in [0.15, 0.2) is 24.3 Å². The zero-order valence-electron chi connectivity index (χ0n) is 12.5. The number of nitrogens with one attached hydrogen (secondary N) is 1. The normalized spacial score (nSPS) is 28.9. The van der Waals surface area contributed by atoms with E-state index in [0.29, 0.717) is 0 Å². The predicted octanol–water partition coefficient (Wildman–Crippen LogP) is 3.78. The first-order valence-corrected chi connectivity index (χ1v) is 8.04. The Bertz CT molecular complexity index is 724. The van der Waals surface area contributed by atoms with Crippen LogP contribution in [0.3, 0.4) is 0 Å². The van der Waals surface area contributed by atoms with Gasteiger partial charge < -0.3 is 4.98 Å². The van der Waals surface area contributed by atoms with Crippen LogP contribution in [0.25, 0.3) is 10.9 Å². The fourth-order valence-corrected chi connectivity index (χ4v) is 4.46. The van der Waals surface area contributed by atoms with Crippen molar-refractivity contribution in [1.29, 1.82) is 5.26 Å². The standard InChI is InChI=1S/C18H21N3/c1-2-18(12-19)9-5-10-21-11-8-14-13-6-3-4-7-15(13)20-16(14)17(18)21/h3-4,6-7,17,20H,2,5,8-11H2,1H3/t17?,18-/m0/s1. The molecule has 3 heterocycles. The van der Waals surface area contributed by atoms with Crippen LogP contribution in [0.2, 0.25) is 0 Å². The van der Waals surface area contributed by atoms with Gasteiger partial charge in [0.2, 0.25) is 0 Å². The summed E-state index contributed by atoms with van der Waals surface area (Å²) in [5, 5.41) is 11.2. The summed E-state index contributed by atoms with van der Waals surface area (Å²) in [6, 6.07) is 11.5. The molecule has 0 saturated carbocycles. The second kappa shape index (κ2) is 4.61. The number of piperidine rings is 1. The highest BCUT2D eigenvalue weighted by molar-refractivity contribution is 5.85. The summed E-state index contributed by atoms with van der Waals surface area (Å²) in [7, 11) is 0. The monoisotopic (exact) mass is 279 g/mol. The lowest BCUT2D eigenvalue weighted by atomic mass is 9.69. The maximum absolute atomic E-state index is 9.89. The third-order valence-corrected chi connectivity index (χ3v) is 5.58. The number of H-pyrrole nitrogens is 1. The third kappa shape index (κ3) is 1.69. The Kier molecular flexibility index (Phi) is 2.83. The zero-order valence-corrected chi connectivity index (χ0v) is 12.5. The fraction of sp³-hybridized carbons (Fsp3) is 0.500. The molecule has 0 aliphatic carbocycles. The van der Waals surface area contributed by atoms with Gasteiger partial charge in [-0.2, -0.15) is 5.26 Å². The molecule has 0 radical (unpaired) electrons. The van der Waals surface area contributed by atoms with Gasteiger partial charge in [-0.15, -0.1) is 0 Å². The molecule has 1 unspecified atom stereocenters. The molecule has 0 bridgehead atoms. The van der Waals surface area contributed by atoms with E-state index in [1.54, 1.807) is 0 Å². The topological polar surface area (TPSA) is 42.8 Å². The number of aromatic amines is 1. The van der Waals surface area contributed by atoms with Gasteiger partial charge >= 0.3 is 0 Å². The van der Waals surface area contributed by atoms with Gasteiger partial charge in [0.15, 0.2) is 0 Å². The Hall–Kier alpha value is -1.79. The molecule has 1 N–H and O–H groups in total. The van der Waals surface area contributed by atoms with E-state index in [1.165, 1.54) is 22.2 Å². The molecule has 2 aliphatic heterocycles. The van der Waals surface area contributed by atoms with E-state index in [2.05, 4.69) is 47.1 Å². The maximum atomic E-state index is 9.89. The molecule has 0 amide bonds. The Morgan fingerprint density at radius 1 is 1.38 bits per heavy atom. The molecule has 1 saturated heterocycles.